The molecule has 2 atom stereocenters. The molecular formula is C13H25NO. The Balaban J connectivity index is 1.83. The zero-order valence-corrected chi connectivity index (χ0v) is 10.4. The first-order valence-electron chi connectivity index (χ1n) is 6.54. The van der Waals surface area contributed by atoms with Crippen LogP contribution in [0.1, 0.15) is 46.5 Å². The molecule has 0 radical (unpaired) electrons. The van der Waals surface area contributed by atoms with Crippen molar-refractivity contribution in [3.05, 3.63) is 0 Å². The Morgan fingerprint density at radius 1 is 1.40 bits per heavy atom. The summed E-state index contributed by atoms with van der Waals surface area (Å²) >= 11 is 0. The van der Waals surface area contributed by atoms with E-state index in [0.29, 0.717) is 11.5 Å². The summed E-state index contributed by atoms with van der Waals surface area (Å²) in [5.41, 5.74) is 0.533. The van der Waals surface area contributed by atoms with Crippen molar-refractivity contribution in [3.63, 3.8) is 0 Å². The van der Waals surface area contributed by atoms with Crippen molar-refractivity contribution in [3.8, 4) is 0 Å². The first-order valence-corrected chi connectivity index (χ1v) is 6.54. The van der Waals surface area contributed by atoms with Crippen LogP contribution in [0.2, 0.25) is 0 Å². The Labute approximate surface area is 93.8 Å². The maximum Gasteiger partial charge on any atom is 0.0661 e. The van der Waals surface area contributed by atoms with Crippen LogP contribution < -0.4 is 5.32 Å². The molecule has 15 heavy (non-hydrogen) atoms. The molecule has 1 spiro atoms. The summed E-state index contributed by atoms with van der Waals surface area (Å²) in [5.74, 6) is 0.758. The predicted octanol–water partition coefficient (Wildman–Crippen LogP) is 2.58. The van der Waals surface area contributed by atoms with Crippen LogP contribution >= 0.6 is 0 Å². The van der Waals surface area contributed by atoms with Crippen LogP contribution in [0.15, 0.2) is 0 Å². The molecular weight excluding hydrogens is 186 g/mol. The van der Waals surface area contributed by atoms with Crippen LogP contribution in [0.5, 0.6) is 0 Å². The topological polar surface area (TPSA) is 21.3 Å². The van der Waals surface area contributed by atoms with Crippen molar-refractivity contribution in [1.29, 1.82) is 0 Å². The highest BCUT2D eigenvalue weighted by Gasteiger charge is 2.58. The van der Waals surface area contributed by atoms with Gasteiger partial charge in [0.2, 0.25) is 0 Å². The Morgan fingerprint density at radius 2 is 2.13 bits per heavy atom. The third kappa shape index (κ3) is 1.94. The molecule has 88 valence electrons. The Morgan fingerprint density at radius 3 is 2.60 bits per heavy atom. The molecule has 2 saturated carbocycles. The van der Waals surface area contributed by atoms with Gasteiger partial charge in [-0.25, -0.2) is 0 Å². The second-order valence-corrected chi connectivity index (χ2v) is 5.62. The third-order valence-electron chi connectivity index (χ3n) is 4.21. The normalized spacial score (nSPS) is 32.8. The second-order valence-electron chi connectivity index (χ2n) is 5.62. The van der Waals surface area contributed by atoms with Gasteiger partial charge < -0.3 is 10.1 Å². The van der Waals surface area contributed by atoms with Gasteiger partial charge in [-0.15, -0.1) is 0 Å². The number of nitrogens with one attached hydrogen (secondary N) is 1. The van der Waals surface area contributed by atoms with E-state index in [1.807, 2.05) is 0 Å². The van der Waals surface area contributed by atoms with E-state index in [1.165, 1.54) is 25.7 Å². The van der Waals surface area contributed by atoms with Crippen LogP contribution in [-0.4, -0.2) is 25.3 Å². The Bertz CT molecular complexity index is 211. The van der Waals surface area contributed by atoms with Gasteiger partial charge in [0.05, 0.1) is 6.10 Å². The summed E-state index contributed by atoms with van der Waals surface area (Å²) in [6.45, 7) is 8.70. The monoisotopic (exact) mass is 211 g/mol. The summed E-state index contributed by atoms with van der Waals surface area (Å²) in [6.07, 6.45) is 5.96. The largest absolute Gasteiger partial charge is 0.378 e. The zero-order valence-electron chi connectivity index (χ0n) is 10.4. The average Bonchev–Trinajstić information content (AvgIpc) is 2.06. The lowest BCUT2D eigenvalue weighted by molar-refractivity contribution is -0.173. The summed E-state index contributed by atoms with van der Waals surface area (Å²) in [7, 11) is 0. The second kappa shape index (κ2) is 4.42. The SMILES string of the molecule is CCOC1CC(NCC(C)C)C12CCC2. The summed E-state index contributed by atoms with van der Waals surface area (Å²) < 4.78 is 5.83. The number of ether oxygens (including phenoxy) is 1. The van der Waals surface area contributed by atoms with E-state index in [-0.39, 0.29) is 0 Å². The molecule has 2 rings (SSSR count). The lowest BCUT2D eigenvalue weighted by atomic mass is 9.51. The van der Waals surface area contributed by atoms with Gasteiger partial charge >= 0.3 is 0 Å². The fourth-order valence-electron chi connectivity index (χ4n) is 3.10. The molecule has 1 N–H and O–H groups in total. The number of rotatable bonds is 5. The molecule has 2 unspecified atom stereocenters. The van der Waals surface area contributed by atoms with Crippen molar-refractivity contribution >= 4 is 0 Å². The van der Waals surface area contributed by atoms with Gasteiger partial charge in [0, 0.05) is 18.1 Å². The third-order valence-corrected chi connectivity index (χ3v) is 4.21. The van der Waals surface area contributed by atoms with Crippen molar-refractivity contribution in [1.82, 2.24) is 5.32 Å². The molecule has 0 aromatic rings. The fourth-order valence-corrected chi connectivity index (χ4v) is 3.10. The molecule has 2 fully saturated rings. The van der Waals surface area contributed by atoms with E-state index >= 15 is 0 Å². The highest BCUT2D eigenvalue weighted by molar-refractivity contribution is 5.12. The van der Waals surface area contributed by atoms with Gasteiger partial charge in [-0.3, -0.25) is 0 Å². The summed E-state index contributed by atoms with van der Waals surface area (Å²) in [6, 6.07) is 0.741. The minimum Gasteiger partial charge on any atom is -0.378 e. The lowest BCUT2D eigenvalue weighted by Crippen LogP contribution is -2.67. The first-order chi connectivity index (χ1) is 7.19. The van der Waals surface area contributed by atoms with E-state index in [4.69, 9.17) is 4.74 Å². The van der Waals surface area contributed by atoms with E-state index in [2.05, 4.69) is 26.1 Å². The van der Waals surface area contributed by atoms with Gasteiger partial charge in [-0.1, -0.05) is 20.3 Å². The van der Waals surface area contributed by atoms with Gasteiger partial charge in [0.25, 0.3) is 0 Å². The van der Waals surface area contributed by atoms with Crippen molar-refractivity contribution in [2.75, 3.05) is 13.2 Å². The van der Waals surface area contributed by atoms with Crippen LogP contribution in [-0.2, 0) is 4.74 Å². The minimum absolute atomic E-state index is 0.533. The van der Waals surface area contributed by atoms with E-state index in [1.54, 1.807) is 0 Å². The quantitative estimate of drug-likeness (QED) is 0.754. The molecule has 0 heterocycles. The number of hydrogen-bond donors (Lipinski definition) is 1. The molecule has 2 aliphatic rings. The molecule has 0 amide bonds. The van der Waals surface area contributed by atoms with Crippen LogP contribution in [0.4, 0.5) is 0 Å². The molecule has 2 nitrogen and oxygen atoms in total. The summed E-state index contributed by atoms with van der Waals surface area (Å²) in [4.78, 5) is 0. The van der Waals surface area contributed by atoms with Crippen LogP contribution in [0.25, 0.3) is 0 Å². The van der Waals surface area contributed by atoms with Crippen molar-refractivity contribution in [2.24, 2.45) is 11.3 Å². The number of hydrogen-bond acceptors (Lipinski definition) is 2. The van der Waals surface area contributed by atoms with E-state index < -0.39 is 0 Å². The van der Waals surface area contributed by atoms with Crippen molar-refractivity contribution < 1.29 is 4.74 Å². The zero-order chi connectivity index (χ0) is 10.9. The Kier molecular flexibility index (Phi) is 3.36. The average molecular weight is 211 g/mol. The maximum atomic E-state index is 5.83. The smallest absolute Gasteiger partial charge is 0.0661 e. The Hall–Kier alpha value is -0.0800. The van der Waals surface area contributed by atoms with Gasteiger partial charge in [-0.2, -0.15) is 0 Å². The fraction of sp³-hybridized carbons (Fsp3) is 1.00. The van der Waals surface area contributed by atoms with Crippen molar-refractivity contribution in [2.45, 2.75) is 58.6 Å². The van der Waals surface area contributed by atoms with Gasteiger partial charge in [-0.05, 0) is 38.6 Å². The lowest BCUT2D eigenvalue weighted by Gasteiger charge is -2.61. The highest BCUT2D eigenvalue weighted by atomic mass is 16.5. The van der Waals surface area contributed by atoms with Gasteiger partial charge in [0.1, 0.15) is 0 Å². The van der Waals surface area contributed by atoms with Crippen LogP contribution in [0, 0.1) is 11.3 Å². The first kappa shape index (κ1) is 11.4. The molecule has 2 aliphatic carbocycles. The molecule has 2 heteroatoms. The van der Waals surface area contributed by atoms with Crippen LogP contribution in [0.3, 0.4) is 0 Å². The standard InChI is InChI=1S/C13H25NO/c1-4-15-12-8-11(14-9-10(2)3)13(12)6-5-7-13/h10-12,14H,4-9H2,1-3H3. The van der Waals surface area contributed by atoms with E-state index in [9.17, 15) is 0 Å². The van der Waals surface area contributed by atoms with E-state index in [0.717, 1.165) is 25.1 Å². The molecule has 0 saturated heterocycles. The molecule has 0 aliphatic heterocycles. The highest BCUT2D eigenvalue weighted by Crippen LogP contribution is 2.57. The molecule has 0 aromatic heterocycles. The predicted molar refractivity (Wildman–Crippen MR) is 62.9 cm³/mol. The maximum absolute atomic E-state index is 5.83. The minimum atomic E-state index is 0.533. The van der Waals surface area contributed by atoms with Gasteiger partial charge in [0.15, 0.2) is 0 Å². The summed E-state index contributed by atoms with van der Waals surface area (Å²) in [5, 5.41) is 3.72. The molecule has 0 aromatic carbocycles. The molecule has 0 bridgehead atoms.